The van der Waals surface area contributed by atoms with Gasteiger partial charge in [0.05, 0.1) is 17.5 Å². The molecular weight excluding hydrogens is 388 g/mol. The molecule has 2 rings (SSSR count). The number of halogens is 1. The summed E-state index contributed by atoms with van der Waals surface area (Å²) in [5, 5.41) is 3.50. The van der Waals surface area contributed by atoms with Gasteiger partial charge in [0.15, 0.2) is 0 Å². The lowest BCUT2D eigenvalue weighted by Crippen LogP contribution is -2.35. The summed E-state index contributed by atoms with van der Waals surface area (Å²) in [5.41, 5.74) is 1.29. The zero-order valence-corrected chi connectivity index (χ0v) is 17.0. The monoisotopic (exact) mass is 410 g/mol. The van der Waals surface area contributed by atoms with Gasteiger partial charge in [0.1, 0.15) is 0 Å². The molecule has 0 aliphatic rings. The SMILES string of the molecule is COC[C@@H](C)NS(=O)(=O)c1ccc(C(=O)N[C@@H](C)c2ccc(Cl)cc2)cc1. The summed E-state index contributed by atoms with van der Waals surface area (Å²) in [6, 6.07) is 12.4. The quantitative estimate of drug-likeness (QED) is 0.700. The van der Waals surface area contributed by atoms with E-state index in [1.165, 1.54) is 31.4 Å². The largest absolute Gasteiger partial charge is 0.383 e. The second-order valence-electron chi connectivity index (χ2n) is 6.25. The fourth-order valence-corrected chi connectivity index (χ4v) is 3.87. The van der Waals surface area contributed by atoms with Crippen molar-refractivity contribution in [3.63, 3.8) is 0 Å². The van der Waals surface area contributed by atoms with E-state index < -0.39 is 10.0 Å². The predicted molar refractivity (Wildman–Crippen MR) is 105 cm³/mol. The third-order valence-electron chi connectivity index (χ3n) is 3.92. The lowest BCUT2D eigenvalue weighted by atomic mass is 10.1. The maximum absolute atomic E-state index is 12.4. The summed E-state index contributed by atoms with van der Waals surface area (Å²) in [7, 11) is -2.17. The Kier molecular flexibility index (Phi) is 7.38. The molecule has 0 bridgehead atoms. The normalized spacial score (nSPS) is 13.8. The Hall–Kier alpha value is -1.93. The Morgan fingerprint density at radius 3 is 2.22 bits per heavy atom. The number of hydrogen-bond acceptors (Lipinski definition) is 4. The Balaban J connectivity index is 2.05. The first-order valence-corrected chi connectivity index (χ1v) is 10.3. The highest BCUT2D eigenvalue weighted by atomic mass is 35.5. The van der Waals surface area contributed by atoms with Crippen LogP contribution in [0.15, 0.2) is 53.4 Å². The van der Waals surface area contributed by atoms with E-state index in [1.54, 1.807) is 19.1 Å². The molecule has 0 aromatic heterocycles. The van der Waals surface area contributed by atoms with Crippen LogP contribution in [-0.2, 0) is 14.8 Å². The first-order chi connectivity index (χ1) is 12.7. The molecule has 0 fully saturated rings. The topological polar surface area (TPSA) is 84.5 Å². The Morgan fingerprint density at radius 1 is 1.07 bits per heavy atom. The first kappa shape index (κ1) is 21.4. The first-order valence-electron chi connectivity index (χ1n) is 8.40. The van der Waals surface area contributed by atoms with Crippen molar-refractivity contribution in [2.75, 3.05) is 13.7 Å². The van der Waals surface area contributed by atoms with Crippen LogP contribution in [0.1, 0.15) is 35.8 Å². The molecule has 0 saturated heterocycles. The van der Waals surface area contributed by atoms with E-state index in [1.807, 2.05) is 19.1 Å². The molecule has 2 atom stereocenters. The third kappa shape index (κ3) is 6.04. The summed E-state index contributed by atoms with van der Waals surface area (Å²) in [6.45, 7) is 3.84. The number of nitrogens with one attached hydrogen (secondary N) is 2. The number of rotatable bonds is 8. The predicted octanol–water partition coefficient (Wildman–Crippen LogP) is 3.14. The highest BCUT2D eigenvalue weighted by molar-refractivity contribution is 7.89. The average Bonchev–Trinajstić information content (AvgIpc) is 2.62. The second-order valence-corrected chi connectivity index (χ2v) is 8.40. The molecule has 2 aromatic rings. The van der Waals surface area contributed by atoms with E-state index in [9.17, 15) is 13.2 Å². The standard InChI is InChI=1S/C19H23ClN2O4S/c1-13(12-26-3)22-27(24,25)18-10-6-16(7-11-18)19(23)21-14(2)15-4-8-17(20)9-5-15/h4-11,13-14,22H,12H2,1-3H3,(H,21,23)/t13-,14+/m1/s1. The Bertz CT molecular complexity index is 868. The summed E-state index contributed by atoms with van der Waals surface area (Å²) in [5.74, 6) is -0.290. The van der Waals surface area contributed by atoms with Crippen LogP contribution in [0.25, 0.3) is 0 Å². The van der Waals surface area contributed by atoms with Gasteiger partial charge in [-0.3, -0.25) is 4.79 Å². The van der Waals surface area contributed by atoms with Gasteiger partial charge < -0.3 is 10.1 Å². The second kappa shape index (κ2) is 9.32. The molecule has 0 aliphatic heterocycles. The average molecular weight is 411 g/mol. The number of methoxy groups -OCH3 is 1. The van der Waals surface area contributed by atoms with Gasteiger partial charge in [-0.1, -0.05) is 23.7 Å². The van der Waals surface area contributed by atoms with Gasteiger partial charge in [-0.15, -0.1) is 0 Å². The van der Waals surface area contributed by atoms with Crippen LogP contribution in [0.3, 0.4) is 0 Å². The van der Waals surface area contributed by atoms with E-state index in [0.29, 0.717) is 10.6 Å². The minimum absolute atomic E-state index is 0.0905. The Morgan fingerprint density at radius 2 is 1.67 bits per heavy atom. The van der Waals surface area contributed by atoms with Gasteiger partial charge in [-0.2, -0.15) is 0 Å². The van der Waals surface area contributed by atoms with Crippen molar-refractivity contribution in [3.8, 4) is 0 Å². The molecule has 0 heterocycles. The molecule has 27 heavy (non-hydrogen) atoms. The molecule has 6 nitrogen and oxygen atoms in total. The lowest BCUT2D eigenvalue weighted by Gasteiger charge is -2.15. The highest BCUT2D eigenvalue weighted by Crippen LogP contribution is 2.17. The van der Waals surface area contributed by atoms with Crippen molar-refractivity contribution >= 4 is 27.5 Å². The number of ether oxygens (including phenoxy) is 1. The van der Waals surface area contributed by atoms with Crippen LogP contribution < -0.4 is 10.0 Å². The number of carbonyl (C=O) groups is 1. The molecule has 8 heteroatoms. The molecule has 1 amide bonds. The molecular formula is C19H23ClN2O4S. The van der Waals surface area contributed by atoms with Crippen molar-refractivity contribution in [3.05, 3.63) is 64.7 Å². The fraction of sp³-hybridized carbons (Fsp3) is 0.316. The van der Waals surface area contributed by atoms with Crippen molar-refractivity contribution in [2.45, 2.75) is 30.8 Å². The third-order valence-corrected chi connectivity index (χ3v) is 5.77. The van der Waals surface area contributed by atoms with Crippen molar-refractivity contribution in [1.82, 2.24) is 10.0 Å². The lowest BCUT2D eigenvalue weighted by molar-refractivity contribution is 0.0940. The van der Waals surface area contributed by atoms with Crippen LogP contribution in [0, 0.1) is 0 Å². The van der Waals surface area contributed by atoms with E-state index >= 15 is 0 Å². The molecule has 0 unspecified atom stereocenters. The smallest absolute Gasteiger partial charge is 0.251 e. The molecule has 0 spiro atoms. The van der Waals surface area contributed by atoms with Crippen LogP contribution in [0.5, 0.6) is 0 Å². The van der Waals surface area contributed by atoms with Crippen molar-refractivity contribution in [2.24, 2.45) is 0 Å². The van der Waals surface area contributed by atoms with Crippen LogP contribution in [0.4, 0.5) is 0 Å². The number of sulfonamides is 1. The van der Waals surface area contributed by atoms with Crippen LogP contribution in [-0.4, -0.2) is 34.1 Å². The fourth-order valence-electron chi connectivity index (χ4n) is 2.52. The van der Waals surface area contributed by atoms with E-state index in [4.69, 9.17) is 16.3 Å². The van der Waals surface area contributed by atoms with E-state index in [-0.39, 0.29) is 29.5 Å². The van der Waals surface area contributed by atoms with Gasteiger partial charge in [0.25, 0.3) is 5.91 Å². The minimum atomic E-state index is -3.67. The van der Waals surface area contributed by atoms with Gasteiger partial charge in [0, 0.05) is 23.7 Å². The number of benzene rings is 2. The molecule has 0 radical (unpaired) electrons. The van der Waals surface area contributed by atoms with Crippen molar-refractivity contribution in [1.29, 1.82) is 0 Å². The summed E-state index contributed by atoms with van der Waals surface area (Å²) in [6.07, 6.45) is 0. The highest BCUT2D eigenvalue weighted by Gasteiger charge is 2.18. The minimum Gasteiger partial charge on any atom is -0.383 e. The Labute approximate surface area is 164 Å². The molecule has 146 valence electrons. The van der Waals surface area contributed by atoms with Crippen molar-refractivity contribution < 1.29 is 17.9 Å². The maximum Gasteiger partial charge on any atom is 0.251 e. The number of amides is 1. The summed E-state index contributed by atoms with van der Waals surface area (Å²) in [4.78, 5) is 12.5. The number of hydrogen-bond donors (Lipinski definition) is 2. The van der Waals surface area contributed by atoms with Crippen LogP contribution in [0.2, 0.25) is 5.02 Å². The summed E-state index contributed by atoms with van der Waals surface area (Å²) >= 11 is 5.87. The maximum atomic E-state index is 12.4. The van der Waals surface area contributed by atoms with Gasteiger partial charge in [0.2, 0.25) is 10.0 Å². The zero-order valence-electron chi connectivity index (χ0n) is 15.4. The number of carbonyl (C=O) groups excluding carboxylic acids is 1. The molecule has 2 aromatic carbocycles. The molecule has 0 saturated carbocycles. The molecule has 2 N–H and O–H groups in total. The van der Waals surface area contributed by atoms with Gasteiger partial charge in [-0.05, 0) is 55.8 Å². The summed E-state index contributed by atoms with van der Waals surface area (Å²) < 4.78 is 32.1. The zero-order chi connectivity index (χ0) is 20.0. The van der Waals surface area contributed by atoms with Crippen LogP contribution >= 0.6 is 11.6 Å². The van der Waals surface area contributed by atoms with E-state index in [2.05, 4.69) is 10.0 Å². The van der Waals surface area contributed by atoms with Gasteiger partial charge in [-0.25, -0.2) is 13.1 Å². The van der Waals surface area contributed by atoms with Gasteiger partial charge >= 0.3 is 0 Å². The molecule has 0 aliphatic carbocycles. The van der Waals surface area contributed by atoms with E-state index in [0.717, 1.165) is 5.56 Å².